The van der Waals surface area contributed by atoms with Crippen LogP contribution in [0.15, 0.2) is 48.6 Å². The third-order valence-electron chi connectivity index (χ3n) is 10.4. The first-order valence-corrected chi connectivity index (χ1v) is 23.0. The Balaban J connectivity index is 3.73. The molecule has 5 heteroatoms. The molecule has 0 aliphatic carbocycles. The van der Waals surface area contributed by atoms with Crippen molar-refractivity contribution in [2.45, 2.75) is 244 Å². The van der Waals surface area contributed by atoms with Crippen molar-refractivity contribution in [3.8, 4) is 0 Å². The average Bonchev–Trinajstić information content (AvgIpc) is 3.16. The average molecular weight is 744 g/mol. The molecule has 0 bridgehead atoms. The van der Waals surface area contributed by atoms with Crippen molar-refractivity contribution < 1.29 is 20.1 Å². The van der Waals surface area contributed by atoms with Crippen LogP contribution in [-0.2, 0) is 4.79 Å². The molecular formula is C48H89NO4. The fraction of sp³-hybridized carbons (Fsp3) is 0.812. The van der Waals surface area contributed by atoms with Gasteiger partial charge in [-0.2, -0.15) is 0 Å². The van der Waals surface area contributed by atoms with E-state index in [0.29, 0.717) is 6.42 Å². The highest BCUT2D eigenvalue weighted by molar-refractivity contribution is 5.80. The van der Waals surface area contributed by atoms with Gasteiger partial charge in [0.25, 0.3) is 0 Å². The van der Waals surface area contributed by atoms with Crippen LogP contribution in [0.1, 0.15) is 226 Å². The largest absolute Gasteiger partial charge is 0.394 e. The number of nitrogens with one attached hydrogen (secondary N) is 1. The van der Waals surface area contributed by atoms with Crippen molar-refractivity contribution in [2.75, 3.05) is 6.61 Å². The molecule has 0 radical (unpaired) electrons. The van der Waals surface area contributed by atoms with E-state index in [1.807, 2.05) is 6.08 Å². The number of hydrogen-bond acceptors (Lipinski definition) is 4. The standard InChI is InChI=1S/C48H89NO4/c1-3-5-7-9-11-13-15-17-19-21-22-23-24-25-27-29-31-33-35-37-39-41-43-47(52)48(53)49-45(44-50)46(51)42-40-38-36-34-32-30-28-26-20-18-16-14-12-10-8-6-4-2/h22-23,25,27,32,34,40,42,45-47,50-52H,3-21,24,26,28-31,33,35-39,41,43-44H2,1-2H3,(H,49,53)/b23-22-,27-25-,34-32+,42-40+. The number of carbonyl (C=O) groups is 1. The Morgan fingerprint density at radius 2 is 0.830 bits per heavy atom. The summed E-state index contributed by atoms with van der Waals surface area (Å²) in [6.07, 6.45) is 55.7. The second kappa shape index (κ2) is 43.0. The van der Waals surface area contributed by atoms with Crippen LogP contribution in [0.4, 0.5) is 0 Å². The summed E-state index contributed by atoms with van der Waals surface area (Å²) in [6.45, 7) is 4.17. The van der Waals surface area contributed by atoms with Gasteiger partial charge in [0.2, 0.25) is 5.91 Å². The first-order chi connectivity index (χ1) is 26.1. The summed E-state index contributed by atoms with van der Waals surface area (Å²) in [7, 11) is 0. The Morgan fingerprint density at radius 3 is 1.26 bits per heavy atom. The Labute approximate surface area is 329 Å². The lowest BCUT2D eigenvalue weighted by Crippen LogP contribution is -2.48. The van der Waals surface area contributed by atoms with Gasteiger partial charge in [-0.25, -0.2) is 0 Å². The van der Waals surface area contributed by atoms with Gasteiger partial charge in [-0.1, -0.05) is 210 Å². The van der Waals surface area contributed by atoms with Gasteiger partial charge < -0.3 is 20.6 Å². The molecule has 0 fully saturated rings. The van der Waals surface area contributed by atoms with E-state index < -0.39 is 24.2 Å². The van der Waals surface area contributed by atoms with E-state index >= 15 is 0 Å². The SMILES string of the molecule is CCCCCCCCCCC/C=C\C/C=C\CCCCCCCCC(O)C(=O)NC(CO)C(O)/C=C/CC/C=C/CCCCCCCCCCCCC. The molecule has 0 aromatic rings. The van der Waals surface area contributed by atoms with E-state index in [0.717, 1.165) is 51.4 Å². The highest BCUT2D eigenvalue weighted by Crippen LogP contribution is 2.14. The second-order valence-corrected chi connectivity index (χ2v) is 15.6. The predicted octanol–water partition coefficient (Wildman–Crippen LogP) is 13.3. The highest BCUT2D eigenvalue weighted by Gasteiger charge is 2.22. The molecule has 0 rings (SSSR count). The smallest absolute Gasteiger partial charge is 0.249 e. The van der Waals surface area contributed by atoms with Crippen molar-refractivity contribution in [3.63, 3.8) is 0 Å². The van der Waals surface area contributed by atoms with Gasteiger partial charge in [-0.15, -0.1) is 0 Å². The minimum Gasteiger partial charge on any atom is -0.394 e. The maximum atomic E-state index is 12.5. The first-order valence-electron chi connectivity index (χ1n) is 23.0. The van der Waals surface area contributed by atoms with Crippen LogP contribution in [0.5, 0.6) is 0 Å². The molecule has 0 heterocycles. The molecule has 1 amide bonds. The summed E-state index contributed by atoms with van der Waals surface area (Å²) in [5, 5.41) is 33.1. The van der Waals surface area contributed by atoms with E-state index in [1.165, 1.54) is 154 Å². The van der Waals surface area contributed by atoms with Crippen LogP contribution in [0.25, 0.3) is 0 Å². The van der Waals surface area contributed by atoms with Crippen LogP contribution in [0.2, 0.25) is 0 Å². The maximum Gasteiger partial charge on any atom is 0.249 e. The predicted molar refractivity (Wildman–Crippen MR) is 231 cm³/mol. The van der Waals surface area contributed by atoms with Crippen LogP contribution < -0.4 is 5.32 Å². The van der Waals surface area contributed by atoms with Gasteiger partial charge in [0.15, 0.2) is 0 Å². The van der Waals surface area contributed by atoms with Crippen molar-refractivity contribution in [3.05, 3.63) is 48.6 Å². The number of carbonyl (C=O) groups excluding carboxylic acids is 1. The molecule has 3 atom stereocenters. The fourth-order valence-electron chi connectivity index (χ4n) is 6.76. The van der Waals surface area contributed by atoms with Crippen LogP contribution >= 0.6 is 0 Å². The molecule has 0 saturated heterocycles. The van der Waals surface area contributed by atoms with E-state index in [2.05, 4.69) is 55.6 Å². The number of amides is 1. The molecule has 0 aliphatic heterocycles. The normalized spacial score (nSPS) is 14.0. The summed E-state index contributed by atoms with van der Waals surface area (Å²) in [5.74, 6) is -0.521. The molecule has 0 aliphatic rings. The number of aliphatic hydroxyl groups excluding tert-OH is 3. The number of allylic oxidation sites excluding steroid dienone is 7. The molecule has 3 unspecified atom stereocenters. The van der Waals surface area contributed by atoms with E-state index in [4.69, 9.17) is 0 Å². The first kappa shape index (κ1) is 51.3. The van der Waals surface area contributed by atoms with Crippen LogP contribution in [0.3, 0.4) is 0 Å². The van der Waals surface area contributed by atoms with Crippen molar-refractivity contribution >= 4 is 5.91 Å². The summed E-state index contributed by atoms with van der Waals surface area (Å²) in [4.78, 5) is 12.5. The van der Waals surface area contributed by atoms with Crippen molar-refractivity contribution in [1.82, 2.24) is 5.32 Å². The van der Waals surface area contributed by atoms with Crippen LogP contribution in [0, 0.1) is 0 Å². The molecule has 0 spiro atoms. The maximum absolute atomic E-state index is 12.5. The van der Waals surface area contributed by atoms with Gasteiger partial charge in [-0.05, 0) is 64.2 Å². The zero-order chi connectivity index (χ0) is 38.7. The molecular weight excluding hydrogens is 655 g/mol. The Hall–Kier alpha value is -1.69. The fourth-order valence-corrected chi connectivity index (χ4v) is 6.76. The Morgan fingerprint density at radius 1 is 0.472 bits per heavy atom. The van der Waals surface area contributed by atoms with E-state index in [-0.39, 0.29) is 6.61 Å². The minimum absolute atomic E-state index is 0.381. The highest BCUT2D eigenvalue weighted by atomic mass is 16.3. The van der Waals surface area contributed by atoms with E-state index in [1.54, 1.807) is 6.08 Å². The van der Waals surface area contributed by atoms with Gasteiger partial charge >= 0.3 is 0 Å². The molecule has 0 saturated carbocycles. The topological polar surface area (TPSA) is 89.8 Å². The Bertz CT molecular complexity index is 866. The summed E-state index contributed by atoms with van der Waals surface area (Å²) in [5.41, 5.74) is 0. The van der Waals surface area contributed by atoms with Gasteiger partial charge in [0.1, 0.15) is 6.10 Å². The van der Waals surface area contributed by atoms with Gasteiger partial charge in [0.05, 0.1) is 18.8 Å². The van der Waals surface area contributed by atoms with E-state index in [9.17, 15) is 20.1 Å². The molecule has 0 aromatic carbocycles. The lowest BCUT2D eigenvalue weighted by atomic mass is 10.0. The van der Waals surface area contributed by atoms with Gasteiger partial charge in [-0.3, -0.25) is 4.79 Å². The molecule has 5 nitrogen and oxygen atoms in total. The zero-order valence-electron chi connectivity index (χ0n) is 35.1. The molecule has 0 aromatic heterocycles. The number of aliphatic hydroxyl groups is 3. The summed E-state index contributed by atoms with van der Waals surface area (Å²) >= 11 is 0. The Kier molecular flexibility index (Phi) is 41.7. The third kappa shape index (κ3) is 38.4. The number of unbranched alkanes of at least 4 members (excludes halogenated alkanes) is 27. The van der Waals surface area contributed by atoms with Crippen molar-refractivity contribution in [1.29, 1.82) is 0 Å². The summed E-state index contributed by atoms with van der Waals surface area (Å²) < 4.78 is 0. The van der Waals surface area contributed by atoms with Crippen molar-refractivity contribution in [2.24, 2.45) is 0 Å². The zero-order valence-corrected chi connectivity index (χ0v) is 35.1. The lowest BCUT2D eigenvalue weighted by Gasteiger charge is -2.21. The number of hydrogen-bond donors (Lipinski definition) is 4. The monoisotopic (exact) mass is 744 g/mol. The molecule has 4 N–H and O–H groups in total. The molecule has 310 valence electrons. The number of rotatable bonds is 41. The molecule has 53 heavy (non-hydrogen) atoms. The third-order valence-corrected chi connectivity index (χ3v) is 10.4. The van der Waals surface area contributed by atoms with Gasteiger partial charge in [0, 0.05) is 0 Å². The lowest BCUT2D eigenvalue weighted by molar-refractivity contribution is -0.131. The quantitative estimate of drug-likeness (QED) is 0.0371. The second-order valence-electron chi connectivity index (χ2n) is 15.6. The van der Waals surface area contributed by atoms with Crippen LogP contribution in [-0.4, -0.2) is 46.1 Å². The summed E-state index contributed by atoms with van der Waals surface area (Å²) in [6, 6.07) is -0.820. The minimum atomic E-state index is -1.12.